The Kier molecular flexibility index (Phi) is 5.55. The first-order valence-corrected chi connectivity index (χ1v) is 10.4. The van der Waals surface area contributed by atoms with Crippen molar-refractivity contribution in [2.45, 2.75) is 70.4 Å². The van der Waals surface area contributed by atoms with Crippen LogP contribution in [0.25, 0.3) is 0 Å². The van der Waals surface area contributed by atoms with E-state index in [-0.39, 0.29) is 5.91 Å². The minimum absolute atomic E-state index is 0.0750. The van der Waals surface area contributed by atoms with Gasteiger partial charge in [0.15, 0.2) is 0 Å². The van der Waals surface area contributed by atoms with Gasteiger partial charge in [0.2, 0.25) is 0 Å². The second kappa shape index (κ2) is 8.23. The zero-order valence-corrected chi connectivity index (χ0v) is 16.3. The molecule has 4 rings (SSSR count). The van der Waals surface area contributed by atoms with Crippen LogP contribution in [-0.4, -0.2) is 42.1 Å². The number of nitrogens with zero attached hydrogens (tertiary/aromatic N) is 6. The van der Waals surface area contributed by atoms with Crippen molar-refractivity contribution in [2.24, 2.45) is 13.0 Å². The Balaban J connectivity index is 1.51. The van der Waals surface area contributed by atoms with E-state index in [9.17, 15) is 4.79 Å². The first-order valence-electron chi connectivity index (χ1n) is 10.4. The highest BCUT2D eigenvalue weighted by Gasteiger charge is 2.25. The molecule has 0 radical (unpaired) electrons. The number of rotatable bonds is 6. The lowest BCUT2D eigenvalue weighted by Crippen LogP contribution is -2.36. The van der Waals surface area contributed by atoms with Crippen LogP contribution in [0.2, 0.25) is 0 Å². The molecular formula is C20H30N6O. The summed E-state index contributed by atoms with van der Waals surface area (Å²) in [5, 5.41) is 12.5. The SMILES string of the molecule is Cn1nncc1CN(CC1CCCCC1)C(=O)c1cnn(C2CCCC2)c1. The summed E-state index contributed by atoms with van der Waals surface area (Å²) in [7, 11) is 1.88. The first kappa shape index (κ1) is 18.2. The van der Waals surface area contributed by atoms with Crippen LogP contribution in [0.5, 0.6) is 0 Å². The van der Waals surface area contributed by atoms with E-state index in [2.05, 4.69) is 15.4 Å². The zero-order valence-electron chi connectivity index (χ0n) is 16.3. The van der Waals surface area contributed by atoms with Gasteiger partial charge in [-0.05, 0) is 31.6 Å². The van der Waals surface area contributed by atoms with Crippen LogP contribution in [0.1, 0.15) is 79.9 Å². The molecule has 0 bridgehead atoms. The second-order valence-corrected chi connectivity index (χ2v) is 8.19. The van der Waals surface area contributed by atoms with E-state index in [0.717, 1.165) is 12.2 Å². The first-order chi connectivity index (χ1) is 13.2. The fourth-order valence-electron chi connectivity index (χ4n) is 4.55. The van der Waals surface area contributed by atoms with Gasteiger partial charge in [-0.25, -0.2) is 0 Å². The largest absolute Gasteiger partial charge is 0.332 e. The second-order valence-electron chi connectivity index (χ2n) is 8.19. The molecule has 0 spiro atoms. The lowest BCUT2D eigenvalue weighted by molar-refractivity contribution is 0.0694. The third-order valence-electron chi connectivity index (χ3n) is 6.20. The van der Waals surface area contributed by atoms with Gasteiger partial charge in [0, 0.05) is 19.8 Å². The van der Waals surface area contributed by atoms with Gasteiger partial charge in [0.1, 0.15) is 0 Å². The van der Waals surface area contributed by atoms with Crippen molar-refractivity contribution in [2.75, 3.05) is 6.54 Å². The molecule has 0 unspecified atom stereocenters. The maximum atomic E-state index is 13.3. The van der Waals surface area contributed by atoms with Crippen molar-refractivity contribution >= 4 is 5.91 Å². The van der Waals surface area contributed by atoms with E-state index in [4.69, 9.17) is 0 Å². The van der Waals surface area contributed by atoms with Gasteiger partial charge in [0.25, 0.3) is 5.91 Å². The number of hydrogen-bond acceptors (Lipinski definition) is 4. The Morgan fingerprint density at radius 1 is 1.11 bits per heavy atom. The summed E-state index contributed by atoms with van der Waals surface area (Å²) < 4.78 is 3.76. The predicted molar refractivity (Wildman–Crippen MR) is 102 cm³/mol. The summed E-state index contributed by atoms with van der Waals surface area (Å²) in [5.74, 6) is 0.666. The Morgan fingerprint density at radius 3 is 2.56 bits per heavy atom. The van der Waals surface area contributed by atoms with Gasteiger partial charge < -0.3 is 4.90 Å². The van der Waals surface area contributed by atoms with Crippen molar-refractivity contribution in [3.63, 3.8) is 0 Å². The molecule has 1 amide bonds. The Hall–Kier alpha value is -2.18. The standard InChI is InChI=1S/C20H30N6O/c1-24-19(12-21-23-24)15-25(13-16-7-3-2-4-8-16)20(27)17-11-22-26(14-17)18-9-5-6-10-18/h11-12,14,16,18H,2-10,13,15H2,1H3. The average molecular weight is 371 g/mol. The predicted octanol–water partition coefficient (Wildman–Crippen LogP) is 3.35. The number of aromatic nitrogens is 5. The quantitative estimate of drug-likeness (QED) is 0.782. The monoisotopic (exact) mass is 370 g/mol. The molecule has 146 valence electrons. The van der Waals surface area contributed by atoms with E-state index in [0.29, 0.717) is 24.1 Å². The van der Waals surface area contributed by atoms with E-state index >= 15 is 0 Å². The molecule has 2 saturated carbocycles. The highest BCUT2D eigenvalue weighted by Crippen LogP contribution is 2.29. The van der Waals surface area contributed by atoms with Gasteiger partial charge in [-0.2, -0.15) is 5.10 Å². The lowest BCUT2D eigenvalue weighted by Gasteiger charge is -2.29. The minimum atomic E-state index is 0.0750. The van der Waals surface area contributed by atoms with Gasteiger partial charge in [-0.1, -0.05) is 37.3 Å². The molecule has 2 aromatic heterocycles. The highest BCUT2D eigenvalue weighted by atomic mass is 16.2. The number of carbonyl (C=O) groups excluding carboxylic acids is 1. The maximum Gasteiger partial charge on any atom is 0.257 e. The number of carbonyl (C=O) groups is 1. The highest BCUT2D eigenvalue weighted by molar-refractivity contribution is 5.93. The maximum absolute atomic E-state index is 13.3. The van der Waals surface area contributed by atoms with Crippen molar-refractivity contribution in [3.8, 4) is 0 Å². The number of hydrogen-bond donors (Lipinski definition) is 0. The van der Waals surface area contributed by atoms with Crippen molar-refractivity contribution in [1.82, 2.24) is 29.7 Å². The normalized spacial score (nSPS) is 18.9. The molecule has 27 heavy (non-hydrogen) atoms. The molecular weight excluding hydrogens is 340 g/mol. The summed E-state index contributed by atoms with van der Waals surface area (Å²) in [6.07, 6.45) is 16.6. The van der Waals surface area contributed by atoms with E-state index in [1.807, 2.05) is 22.8 Å². The fraction of sp³-hybridized carbons (Fsp3) is 0.700. The molecule has 7 heteroatoms. The lowest BCUT2D eigenvalue weighted by atomic mass is 9.89. The van der Waals surface area contributed by atoms with Crippen LogP contribution in [-0.2, 0) is 13.6 Å². The zero-order chi connectivity index (χ0) is 18.6. The molecule has 0 aromatic carbocycles. The number of aryl methyl sites for hydroxylation is 1. The molecule has 0 saturated heterocycles. The topological polar surface area (TPSA) is 68.8 Å². The van der Waals surface area contributed by atoms with E-state index < -0.39 is 0 Å². The van der Waals surface area contributed by atoms with Gasteiger partial charge in [-0.3, -0.25) is 14.2 Å². The molecule has 0 atom stereocenters. The van der Waals surface area contributed by atoms with Crippen LogP contribution in [0.4, 0.5) is 0 Å². The molecule has 0 aliphatic heterocycles. The number of amides is 1. The molecule has 7 nitrogen and oxygen atoms in total. The van der Waals surface area contributed by atoms with E-state index in [1.54, 1.807) is 17.1 Å². The Bertz CT molecular complexity index is 754. The van der Waals surface area contributed by atoms with Gasteiger partial charge in [0.05, 0.1) is 36.2 Å². The van der Waals surface area contributed by atoms with E-state index in [1.165, 1.54) is 57.8 Å². The van der Waals surface area contributed by atoms with Crippen LogP contribution in [0.3, 0.4) is 0 Å². The summed E-state index contributed by atoms with van der Waals surface area (Å²) in [6.45, 7) is 1.35. The molecule has 2 aliphatic carbocycles. The minimum Gasteiger partial charge on any atom is -0.332 e. The van der Waals surface area contributed by atoms with Gasteiger partial charge >= 0.3 is 0 Å². The molecule has 0 N–H and O–H groups in total. The summed E-state index contributed by atoms with van der Waals surface area (Å²) in [5.41, 5.74) is 1.66. The molecule has 2 fully saturated rings. The van der Waals surface area contributed by atoms with Gasteiger partial charge in [-0.15, -0.1) is 5.10 Å². The van der Waals surface area contributed by atoms with Crippen molar-refractivity contribution in [3.05, 3.63) is 29.8 Å². The van der Waals surface area contributed by atoms with Crippen LogP contribution < -0.4 is 0 Å². The summed E-state index contributed by atoms with van der Waals surface area (Å²) >= 11 is 0. The smallest absolute Gasteiger partial charge is 0.257 e. The van der Waals surface area contributed by atoms with Crippen LogP contribution in [0.15, 0.2) is 18.6 Å². The van der Waals surface area contributed by atoms with Crippen molar-refractivity contribution in [1.29, 1.82) is 0 Å². The summed E-state index contributed by atoms with van der Waals surface area (Å²) in [6, 6.07) is 0.458. The summed E-state index contributed by atoms with van der Waals surface area (Å²) in [4.78, 5) is 15.3. The molecule has 2 aromatic rings. The third-order valence-corrected chi connectivity index (χ3v) is 6.20. The third kappa shape index (κ3) is 4.22. The Labute approximate surface area is 160 Å². The molecule has 2 heterocycles. The fourth-order valence-corrected chi connectivity index (χ4v) is 4.55. The van der Waals surface area contributed by atoms with Crippen LogP contribution in [0, 0.1) is 5.92 Å². The van der Waals surface area contributed by atoms with Crippen LogP contribution >= 0.6 is 0 Å². The van der Waals surface area contributed by atoms with Crippen molar-refractivity contribution < 1.29 is 4.79 Å². The Morgan fingerprint density at radius 2 is 1.85 bits per heavy atom. The average Bonchev–Trinajstić information content (AvgIpc) is 3.44. The molecule has 2 aliphatic rings.